The number of anilines is 1. The molecule has 0 radical (unpaired) electrons. The van der Waals surface area contributed by atoms with Gasteiger partial charge in [0.15, 0.2) is 5.78 Å². The quantitative estimate of drug-likeness (QED) is 0.765. The fourth-order valence-electron chi connectivity index (χ4n) is 5.87. The first-order valence-electron chi connectivity index (χ1n) is 9.77. The molecule has 5 rings (SSSR count). The van der Waals surface area contributed by atoms with Crippen LogP contribution < -0.4 is 5.32 Å². The monoisotopic (exact) mass is 361 g/mol. The van der Waals surface area contributed by atoms with Crippen molar-refractivity contribution in [2.24, 2.45) is 17.8 Å². The normalized spacial score (nSPS) is 30.3. The summed E-state index contributed by atoms with van der Waals surface area (Å²) in [6.07, 6.45) is 3.82. The number of fused-ring (bicyclic) bond motifs is 7. The van der Waals surface area contributed by atoms with Crippen molar-refractivity contribution in [3.8, 4) is 0 Å². The van der Waals surface area contributed by atoms with E-state index in [0.717, 1.165) is 16.8 Å². The molecule has 2 aliphatic carbocycles. The van der Waals surface area contributed by atoms with Crippen LogP contribution in [0.15, 0.2) is 42.5 Å². The number of carbonyl (C=O) groups excluding carboxylic acids is 1. The number of hydrogen-bond acceptors (Lipinski definition) is 3. The highest BCUT2D eigenvalue weighted by molar-refractivity contribution is 5.95. The van der Waals surface area contributed by atoms with Crippen molar-refractivity contribution in [2.75, 3.05) is 5.32 Å². The van der Waals surface area contributed by atoms with Gasteiger partial charge in [-0.3, -0.25) is 4.79 Å². The summed E-state index contributed by atoms with van der Waals surface area (Å²) in [5, 5.41) is 12.9. The number of carboxylic acids is 1. The van der Waals surface area contributed by atoms with Gasteiger partial charge in [0.1, 0.15) is 0 Å². The summed E-state index contributed by atoms with van der Waals surface area (Å²) in [5.74, 6) is 1.62. The molecule has 2 fully saturated rings. The Kier molecular flexibility index (Phi) is 3.64. The van der Waals surface area contributed by atoms with E-state index in [1.165, 1.54) is 24.8 Å². The number of carboxylic acid groups (broad SMARTS) is 1. The predicted octanol–water partition coefficient (Wildman–Crippen LogP) is 4.88. The summed E-state index contributed by atoms with van der Waals surface area (Å²) in [6.45, 7) is 1.63. The Morgan fingerprint density at radius 3 is 2.41 bits per heavy atom. The molecule has 0 unspecified atom stereocenters. The molecule has 2 bridgehead atoms. The smallest absolute Gasteiger partial charge is 0.335 e. The number of aromatic carboxylic acids is 1. The summed E-state index contributed by atoms with van der Waals surface area (Å²) >= 11 is 0. The fraction of sp³-hybridized carbons (Fsp3) is 0.391. The van der Waals surface area contributed by atoms with E-state index in [9.17, 15) is 14.7 Å². The SMILES string of the molecule is CC(=O)c1ccc2c(c1)[C@@H]1[C@H]3CC[C@@H](C3)[C@H]1[C@H](c1ccc(C(=O)O)cc1)N2. The Bertz CT molecular complexity index is 933. The van der Waals surface area contributed by atoms with Crippen LogP contribution in [0.25, 0.3) is 0 Å². The molecule has 138 valence electrons. The van der Waals surface area contributed by atoms with Crippen LogP contribution in [-0.4, -0.2) is 16.9 Å². The molecule has 0 amide bonds. The number of Topliss-reactive ketones (excluding diaryl/α,β-unsaturated/α-hetero) is 1. The minimum Gasteiger partial charge on any atom is -0.478 e. The van der Waals surface area contributed by atoms with Crippen LogP contribution in [0.5, 0.6) is 0 Å². The maximum absolute atomic E-state index is 11.9. The van der Waals surface area contributed by atoms with E-state index >= 15 is 0 Å². The molecule has 2 aromatic rings. The van der Waals surface area contributed by atoms with Gasteiger partial charge in [-0.05, 0) is 91.3 Å². The van der Waals surface area contributed by atoms with Crippen molar-refractivity contribution in [3.63, 3.8) is 0 Å². The van der Waals surface area contributed by atoms with Gasteiger partial charge in [-0.15, -0.1) is 0 Å². The number of ketones is 1. The van der Waals surface area contributed by atoms with Gasteiger partial charge in [0, 0.05) is 11.3 Å². The second-order valence-corrected chi connectivity index (χ2v) is 8.34. The second kappa shape index (κ2) is 5.95. The molecule has 0 aromatic heterocycles. The van der Waals surface area contributed by atoms with Crippen molar-refractivity contribution in [1.82, 2.24) is 0 Å². The Morgan fingerprint density at radius 1 is 1.00 bits per heavy atom. The van der Waals surface area contributed by atoms with Gasteiger partial charge in [0.25, 0.3) is 0 Å². The van der Waals surface area contributed by atoms with Gasteiger partial charge >= 0.3 is 5.97 Å². The Balaban J connectivity index is 1.58. The molecule has 0 spiro atoms. The van der Waals surface area contributed by atoms with E-state index in [1.807, 2.05) is 24.3 Å². The molecule has 1 aliphatic heterocycles. The molecule has 1 heterocycles. The van der Waals surface area contributed by atoms with Crippen molar-refractivity contribution < 1.29 is 14.7 Å². The van der Waals surface area contributed by atoms with Crippen LogP contribution >= 0.6 is 0 Å². The Hall–Kier alpha value is -2.62. The minimum absolute atomic E-state index is 0.115. The molecule has 4 nitrogen and oxygen atoms in total. The first-order valence-corrected chi connectivity index (χ1v) is 9.77. The lowest BCUT2D eigenvalue weighted by molar-refractivity contribution is 0.0696. The lowest BCUT2D eigenvalue weighted by Gasteiger charge is -2.43. The molecule has 0 saturated heterocycles. The summed E-state index contributed by atoms with van der Waals surface area (Å²) in [7, 11) is 0. The third-order valence-electron chi connectivity index (χ3n) is 7.01. The summed E-state index contributed by atoms with van der Waals surface area (Å²) < 4.78 is 0. The zero-order valence-electron chi connectivity index (χ0n) is 15.3. The first kappa shape index (κ1) is 16.5. The van der Waals surface area contributed by atoms with Crippen molar-refractivity contribution >= 4 is 17.4 Å². The number of rotatable bonds is 3. The fourth-order valence-corrected chi connectivity index (χ4v) is 5.87. The highest BCUT2D eigenvalue weighted by atomic mass is 16.4. The number of benzene rings is 2. The summed E-state index contributed by atoms with van der Waals surface area (Å²) in [4.78, 5) is 23.1. The molecule has 2 aromatic carbocycles. The molecule has 4 heteroatoms. The Morgan fingerprint density at radius 2 is 1.70 bits per heavy atom. The first-order chi connectivity index (χ1) is 13.0. The molecule has 2 saturated carbocycles. The molecule has 27 heavy (non-hydrogen) atoms. The van der Waals surface area contributed by atoms with Crippen LogP contribution in [0.3, 0.4) is 0 Å². The van der Waals surface area contributed by atoms with Crippen LogP contribution in [-0.2, 0) is 0 Å². The molecular weight excluding hydrogens is 338 g/mol. The van der Waals surface area contributed by atoms with Crippen LogP contribution in [0, 0.1) is 17.8 Å². The van der Waals surface area contributed by atoms with Crippen molar-refractivity contribution in [2.45, 2.75) is 38.1 Å². The topological polar surface area (TPSA) is 66.4 Å². The zero-order chi connectivity index (χ0) is 18.7. The van der Waals surface area contributed by atoms with Crippen molar-refractivity contribution in [3.05, 3.63) is 64.7 Å². The minimum atomic E-state index is -0.891. The number of carbonyl (C=O) groups is 2. The summed E-state index contributed by atoms with van der Waals surface area (Å²) in [5.41, 5.74) is 4.70. The van der Waals surface area contributed by atoms with E-state index in [4.69, 9.17) is 0 Å². The molecule has 5 atom stereocenters. The van der Waals surface area contributed by atoms with E-state index < -0.39 is 5.97 Å². The Labute approximate surface area is 158 Å². The lowest BCUT2D eigenvalue weighted by Crippen LogP contribution is -2.35. The molecule has 2 N–H and O–H groups in total. The largest absolute Gasteiger partial charge is 0.478 e. The van der Waals surface area contributed by atoms with E-state index in [-0.39, 0.29) is 11.8 Å². The number of nitrogens with one attached hydrogen (secondary N) is 1. The van der Waals surface area contributed by atoms with Gasteiger partial charge in [-0.1, -0.05) is 12.1 Å². The van der Waals surface area contributed by atoms with Crippen LogP contribution in [0.2, 0.25) is 0 Å². The molecular formula is C23H23NO3. The number of hydrogen-bond donors (Lipinski definition) is 2. The standard InChI is InChI=1S/C23H23NO3/c1-12(25)15-8-9-19-18(11-15)20-16-6-7-17(10-16)21(20)22(24-19)13-2-4-14(5-3-13)23(26)27/h2-5,8-9,11,16-17,20-22,24H,6-7,10H2,1H3,(H,26,27)/t16-,17-,20-,21+,22-/m0/s1. The highest BCUT2D eigenvalue weighted by Gasteiger charge is 2.53. The third kappa shape index (κ3) is 2.50. The van der Waals surface area contributed by atoms with Gasteiger partial charge in [0.2, 0.25) is 0 Å². The average molecular weight is 361 g/mol. The predicted molar refractivity (Wildman–Crippen MR) is 103 cm³/mol. The highest BCUT2D eigenvalue weighted by Crippen LogP contribution is 2.63. The second-order valence-electron chi connectivity index (χ2n) is 8.34. The lowest BCUT2D eigenvalue weighted by atomic mass is 9.68. The average Bonchev–Trinajstić information content (AvgIpc) is 3.29. The molecule has 3 aliphatic rings. The van der Waals surface area contributed by atoms with Gasteiger partial charge in [-0.25, -0.2) is 4.79 Å². The van der Waals surface area contributed by atoms with Crippen LogP contribution in [0.1, 0.15) is 70.0 Å². The maximum atomic E-state index is 11.9. The van der Waals surface area contributed by atoms with Gasteiger partial charge < -0.3 is 10.4 Å². The van der Waals surface area contributed by atoms with Crippen molar-refractivity contribution in [1.29, 1.82) is 0 Å². The van der Waals surface area contributed by atoms with E-state index in [2.05, 4.69) is 11.4 Å². The van der Waals surface area contributed by atoms with E-state index in [0.29, 0.717) is 29.2 Å². The summed E-state index contributed by atoms with van der Waals surface area (Å²) in [6, 6.07) is 13.6. The third-order valence-corrected chi connectivity index (χ3v) is 7.01. The van der Waals surface area contributed by atoms with Gasteiger partial charge in [-0.2, -0.15) is 0 Å². The van der Waals surface area contributed by atoms with E-state index in [1.54, 1.807) is 19.1 Å². The van der Waals surface area contributed by atoms with Gasteiger partial charge in [0.05, 0.1) is 11.6 Å². The van der Waals surface area contributed by atoms with Crippen LogP contribution in [0.4, 0.5) is 5.69 Å². The zero-order valence-corrected chi connectivity index (χ0v) is 15.3. The maximum Gasteiger partial charge on any atom is 0.335 e.